The zero-order valence-corrected chi connectivity index (χ0v) is 14.6. The third-order valence-corrected chi connectivity index (χ3v) is 4.51. The van der Waals surface area contributed by atoms with Crippen LogP contribution in [-0.4, -0.2) is 24.9 Å². The minimum Gasteiger partial charge on any atom is -0.384 e. The molecule has 0 bridgehead atoms. The molecule has 132 valence electrons. The average Bonchev–Trinajstić information content (AvgIpc) is 2.75. The third kappa shape index (κ3) is 3.64. The largest absolute Gasteiger partial charge is 0.384 e. The minimum absolute atomic E-state index is 0.0345. The van der Waals surface area contributed by atoms with E-state index in [9.17, 15) is 0 Å². The summed E-state index contributed by atoms with van der Waals surface area (Å²) in [6, 6.07) is 13.8. The highest BCUT2D eigenvalue weighted by atomic mass is 14.8. The smallest absolute Gasteiger partial charge is 0.123 e. The molecule has 0 radical (unpaired) electrons. The van der Waals surface area contributed by atoms with Gasteiger partial charge in [0.15, 0.2) is 0 Å². The Morgan fingerprint density at radius 2 is 1.33 bits per heavy atom. The van der Waals surface area contributed by atoms with Crippen molar-refractivity contribution in [2.24, 2.45) is 0 Å². The van der Waals surface area contributed by atoms with Crippen LogP contribution in [0.25, 0.3) is 0 Å². The van der Waals surface area contributed by atoms with Crippen molar-refractivity contribution in [2.45, 2.75) is 11.8 Å². The molecule has 2 N–H and O–H groups in total. The maximum atomic E-state index is 5.81. The second-order valence-corrected chi connectivity index (χ2v) is 6.18. The van der Waals surface area contributed by atoms with Crippen molar-refractivity contribution >= 4 is 5.82 Å². The highest BCUT2D eigenvalue weighted by molar-refractivity contribution is 5.42. The molecule has 0 spiro atoms. The molecule has 0 amide bonds. The summed E-state index contributed by atoms with van der Waals surface area (Å²) < 4.78 is 0. The predicted molar refractivity (Wildman–Crippen MR) is 103 cm³/mol. The van der Waals surface area contributed by atoms with Gasteiger partial charge in [0.05, 0.1) is 5.69 Å². The van der Waals surface area contributed by atoms with Gasteiger partial charge in [-0.2, -0.15) is 0 Å². The van der Waals surface area contributed by atoms with Crippen LogP contribution < -0.4 is 5.73 Å². The Bertz CT molecular complexity index is 936. The van der Waals surface area contributed by atoms with Crippen molar-refractivity contribution in [3.63, 3.8) is 0 Å². The maximum absolute atomic E-state index is 5.81. The maximum Gasteiger partial charge on any atom is 0.123 e. The van der Waals surface area contributed by atoms with Crippen LogP contribution in [0.3, 0.4) is 0 Å². The molecule has 6 nitrogen and oxygen atoms in total. The van der Waals surface area contributed by atoms with E-state index in [0.717, 1.165) is 22.4 Å². The van der Waals surface area contributed by atoms with Crippen LogP contribution in [0.5, 0.6) is 0 Å². The van der Waals surface area contributed by atoms with Gasteiger partial charge in [-0.15, -0.1) is 0 Å². The van der Waals surface area contributed by atoms with Crippen molar-refractivity contribution in [2.75, 3.05) is 5.73 Å². The van der Waals surface area contributed by atoms with E-state index < -0.39 is 0 Å². The second-order valence-electron chi connectivity index (χ2n) is 6.18. The third-order valence-electron chi connectivity index (χ3n) is 4.51. The Hall–Kier alpha value is -3.67. The van der Waals surface area contributed by atoms with Gasteiger partial charge in [-0.25, -0.2) is 15.0 Å². The summed E-state index contributed by atoms with van der Waals surface area (Å²) in [7, 11) is 0. The number of rotatable bonds is 5. The van der Waals surface area contributed by atoms with Gasteiger partial charge >= 0.3 is 0 Å². The summed E-state index contributed by atoms with van der Waals surface area (Å²) in [6.45, 7) is 0. The molecule has 1 atom stereocenters. The molecule has 0 aliphatic carbocycles. The van der Waals surface area contributed by atoms with Crippen LogP contribution in [0.15, 0.2) is 86.0 Å². The zero-order chi connectivity index (χ0) is 18.5. The van der Waals surface area contributed by atoms with Gasteiger partial charge in [0.1, 0.15) is 12.1 Å². The summed E-state index contributed by atoms with van der Waals surface area (Å²) in [5.41, 5.74) is 9.87. The molecule has 1 unspecified atom stereocenters. The number of hydrogen-bond donors (Lipinski definition) is 1. The molecule has 4 aromatic rings. The van der Waals surface area contributed by atoms with Crippen LogP contribution in [0.2, 0.25) is 0 Å². The lowest BCUT2D eigenvalue weighted by atomic mass is 9.76. The molecule has 0 aliphatic heterocycles. The van der Waals surface area contributed by atoms with Crippen LogP contribution in [0, 0.1) is 0 Å². The first kappa shape index (κ1) is 16.8. The summed E-state index contributed by atoms with van der Waals surface area (Å²) in [6.07, 6.45) is 12.4. The van der Waals surface area contributed by atoms with Gasteiger partial charge in [0.25, 0.3) is 0 Å². The number of aromatic nitrogens is 5. The number of nitrogens with two attached hydrogens (primary N) is 1. The van der Waals surface area contributed by atoms with Crippen LogP contribution in [0.4, 0.5) is 5.82 Å². The topological polar surface area (TPSA) is 90.5 Å². The molecule has 6 heteroatoms. The fourth-order valence-corrected chi connectivity index (χ4v) is 3.32. The SMILES string of the molecule is Nc1ccc(C(c2ccncn2)C(c2cccnc2)c2cccnc2)cn1. The second kappa shape index (κ2) is 7.70. The van der Waals surface area contributed by atoms with Gasteiger partial charge in [-0.1, -0.05) is 18.2 Å². The van der Waals surface area contributed by atoms with E-state index in [1.54, 1.807) is 24.9 Å². The van der Waals surface area contributed by atoms with Crippen molar-refractivity contribution < 1.29 is 0 Å². The Labute approximate surface area is 157 Å². The van der Waals surface area contributed by atoms with Crippen LogP contribution in [0.1, 0.15) is 34.2 Å². The lowest BCUT2D eigenvalue weighted by Crippen LogP contribution is -2.16. The van der Waals surface area contributed by atoms with Crippen molar-refractivity contribution in [3.05, 3.63) is 108 Å². The van der Waals surface area contributed by atoms with Crippen molar-refractivity contribution in [1.82, 2.24) is 24.9 Å². The molecule has 0 aromatic carbocycles. The van der Waals surface area contributed by atoms with Crippen molar-refractivity contribution in [3.8, 4) is 0 Å². The number of pyridine rings is 3. The summed E-state index contributed by atoms with van der Waals surface area (Å²) in [5.74, 6) is 0.363. The van der Waals surface area contributed by atoms with Gasteiger partial charge in [-0.3, -0.25) is 9.97 Å². The molecule has 27 heavy (non-hydrogen) atoms. The van der Waals surface area contributed by atoms with E-state index in [1.165, 1.54) is 0 Å². The predicted octanol–water partition coefficient (Wildman–Crippen LogP) is 3.21. The standard InChI is InChI=1S/C21H18N6/c22-19-6-5-17(13-26-19)21(18-7-10-25-14-27-18)20(15-3-1-8-23-11-15)16-4-2-9-24-12-16/h1-14,20-21H,(H2,22,26). The summed E-state index contributed by atoms with van der Waals surface area (Å²) in [4.78, 5) is 21.6. The molecule has 0 saturated heterocycles. The van der Waals surface area contributed by atoms with Gasteiger partial charge in [0, 0.05) is 49.0 Å². The molecule has 0 saturated carbocycles. The number of anilines is 1. The number of nitrogens with zero attached hydrogens (tertiary/aromatic N) is 5. The highest BCUT2D eigenvalue weighted by Gasteiger charge is 2.29. The number of hydrogen-bond acceptors (Lipinski definition) is 6. The summed E-state index contributed by atoms with van der Waals surface area (Å²) in [5, 5.41) is 0. The van der Waals surface area contributed by atoms with E-state index in [4.69, 9.17) is 5.73 Å². The fraction of sp³-hybridized carbons (Fsp3) is 0.0952. The van der Waals surface area contributed by atoms with Crippen LogP contribution in [-0.2, 0) is 0 Å². The Morgan fingerprint density at radius 1 is 0.630 bits per heavy atom. The monoisotopic (exact) mass is 354 g/mol. The molecular formula is C21H18N6. The van der Waals surface area contributed by atoms with Gasteiger partial charge < -0.3 is 5.73 Å². The summed E-state index contributed by atoms with van der Waals surface area (Å²) >= 11 is 0. The van der Waals surface area contributed by atoms with Crippen LogP contribution >= 0.6 is 0 Å². The Morgan fingerprint density at radius 3 is 1.85 bits per heavy atom. The molecule has 0 aliphatic rings. The normalized spacial score (nSPS) is 12.0. The zero-order valence-electron chi connectivity index (χ0n) is 14.6. The van der Waals surface area contributed by atoms with E-state index in [-0.39, 0.29) is 11.8 Å². The lowest BCUT2D eigenvalue weighted by molar-refractivity contribution is 0.665. The van der Waals surface area contributed by atoms with Gasteiger partial charge in [-0.05, 0) is 41.0 Å². The van der Waals surface area contributed by atoms with E-state index in [2.05, 4.69) is 37.1 Å². The molecular weight excluding hydrogens is 336 g/mol. The molecule has 4 aromatic heterocycles. The lowest BCUT2D eigenvalue weighted by Gasteiger charge is -2.27. The van der Waals surface area contributed by atoms with Crippen molar-refractivity contribution in [1.29, 1.82) is 0 Å². The highest BCUT2D eigenvalue weighted by Crippen LogP contribution is 2.41. The quantitative estimate of drug-likeness (QED) is 0.592. The number of nitrogen functional groups attached to an aromatic ring is 1. The first-order valence-electron chi connectivity index (χ1n) is 8.60. The first-order valence-corrected chi connectivity index (χ1v) is 8.60. The van der Waals surface area contributed by atoms with E-state index >= 15 is 0 Å². The first-order chi connectivity index (χ1) is 13.3. The Balaban J connectivity index is 1.93. The fourth-order valence-electron chi connectivity index (χ4n) is 3.32. The van der Waals surface area contributed by atoms with E-state index in [1.807, 2.05) is 48.9 Å². The average molecular weight is 354 g/mol. The molecule has 4 rings (SSSR count). The Kier molecular flexibility index (Phi) is 4.78. The molecule has 0 fully saturated rings. The molecule has 4 heterocycles. The van der Waals surface area contributed by atoms with Gasteiger partial charge in [0.2, 0.25) is 0 Å². The minimum atomic E-state index is -0.0884. The van der Waals surface area contributed by atoms with E-state index in [0.29, 0.717) is 5.82 Å².